The van der Waals surface area contributed by atoms with Crippen LogP contribution in [0.25, 0.3) is 12.3 Å². The first-order chi connectivity index (χ1) is 15.2. The average Bonchev–Trinajstić information content (AvgIpc) is 3.44. The Morgan fingerprint density at radius 3 is 2.61 bits per heavy atom. The molecule has 0 unspecified atom stereocenters. The molecule has 3 aromatic carbocycles. The van der Waals surface area contributed by atoms with Crippen molar-refractivity contribution >= 4 is 52.5 Å². The van der Waals surface area contributed by atoms with E-state index in [-0.39, 0.29) is 0 Å². The minimum absolute atomic E-state index is 0.571. The Bertz CT molecular complexity index is 1250. The van der Waals surface area contributed by atoms with E-state index in [1.54, 1.807) is 11.0 Å². The summed E-state index contributed by atoms with van der Waals surface area (Å²) in [5.41, 5.74) is 6.75. The molecule has 0 saturated carbocycles. The highest BCUT2D eigenvalue weighted by Gasteiger charge is 2.20. The third-order valence-corrected chi connectivity index (χ3v) is 5.95. The Balaban J connectivity index is 1.35. The fraction of sp³-hybridized carbons (Fsp3) is 0.0870. The summed E-state index contributed by atoms with van der Waals surface area (Å²) in [6.07, 6.45) is 5.34. The molecule has 1 N–H and O–H groups in total. The first-order valence-corrected chi connectivity index (χ1v) is 10.5. The highest BCUT2D eigenvalue weighted by molar-refractivity contribution is 6.42. The molecule has 0 bridgehead atoms. The molecule has 2 heterocycles. The summed E-state index contributed by atoms with van der Waals surface area (Å²) in [5.74, 6) is 0. The van der Waals surface area contributed by atoms with Crippen LogP contribution >= 0.6 is 23.2 Å². The molecule has 8 heteroatoms. The standard InChI is InChI=1S/C23H18Cl2N6/c24-21-8-7-20(12-22(21)25)30-13-17-5-6-19(11-18(17)14-30)27-23-4-2-1-3-16(23)9-10-31-15-26-28-29-31/h1-12,15,27H,13-14H2. The molecule has 6 nitrogen and oxygen atoms in total. The van der Waals surface area contributed by atoms with E-state index in [1.165, 1.54) is 11.1 Å². The number of anilines is 3. The monoisotopic (exact) mass is 448 g/mol. The third-order valence-electron chi connectivity index (χ3n) is 5.21. The van der Waals surface area contributed by atoms with Gasteiger partial charge in [0.15, 0.2) is 0 Å². The molecule has 1 aliphatic rings. The Morgan fingerprint density at radius 1 is 0.903 bits per heavy atom. The molecular weight excluding hydrogens is 431 g/mol. The summed E-state index contributed by atoms with van der Waals surface area (Å²) in [5, 5.41) is 15.8. The maximum absolute atomic E-state index is 6.21. The smallest absolute Gasteiger partial charge is 0.143 e. The molecule has 0 aliphatic carbocycles. The van der Waals surface area contributed by atoms with Crippen molar-refractivity contribution in [1.29, 1.82) is 0 Å². The van der Waals surface area contributed by atoms with E-state index in [4.69, 9.17) is 23.2 Å². The maximum Gasteiger partial charge on any atom is 0.143 e. The summed E-state index contributed by atoms with van der Waals surface area (Å²) in [4.78, 5) is 2.29. The van der Waals surface area contributed by atoms with Crippen molar-refractivity contribution in [2.75, 3.05) is 10.2 Å². The van der Waals surface area contributed by atoms with E-state index in [1.807, 2.05) is 48.7 Å². The second-order valence-electron chi connectivity index (χ2n) is 7.26. The van der Waals surface area contributed by atoms with Gasteiger partial charge in [0.1, 0.15) is 6.33 Å². The van der Waals surface area contributed by atoms with Crippen LogP contribution < -0.4 is 10.2 Å². The van der Waals surface area contributed by atoms with Crippen LogP contribution in [0.1, 0.15) is 16.7 Å². The molecule has 0 fully saturated rings. The van der Waals surface area contributed by atoms with Crippen molar-refractivity contribution in [1.82, 2.24) is 20.2 Å². The lowest BCUT2D eigenvalue weighted by Gasteiger charge is -2.18. The predicted molar refractivity (Wildman–Crippen MR) is 126 cm³/mol. The number of rotatable bonds is 5. The van der Waals surface area contributed by atoms with Crippen molar-refractivity contribution in [3.05, 3.63) is 93.7 Å². The number of tetrazole rings is 1. The Morgan fingerprint density at radius 2 is 1.77 bits per heavy atom. The normalized spacial score (nSPS) is 13.0. The van der Waals surface area contributed by atoms with Gasteiger partial charge in [-0.2, -0.15) is 0 Å². The summed E-state index contributed by atoms with van der Waals surface area (Å²) >= 11 is 12.3. The van der Waals surface area contributed by atoms with Gasteiger partial charge in [-0.05, 0) is 69.6 Å². The number of halogens is 2. The zero-order valence-corrected chi connectivity index (χ0v) is 17.9. The van der Waals surface area contributed by atoms with Crippen LogP contribution in [0.4, 0.5) is 17.1 Å². The number of para-hydroxylation sites is 1. The first-order valence-electron chi connectivity index (χ1n) is 9.74. The van der Waals surface area contributed by atoms with Gasteiger partial charge in [-0.1, -0.05) is 47.5 Å². The minimum Gasteiger partial charge on any atom is -0.363 e. The summed E-state index contributed by atoms with van der Waals surface area (Å²) in [6.45, 7) is 1.67. The third kappa shape index (κ3) is 4.26. The second-order valence-corrected chi connectivity index (χ2v) is 8.07. The molecule has 0 saturated heterocycles. The summed E-state index contributed by atoms with van der Waals surface area (Å²) < 4.78 is 1.56. The number of hydrogen-bond donors (Lipinski definition) is 1. The molecule has 1 aromatic heterocycles. The van der Waals surface area contributed by atoms with Crippen LogP contribution in [0.3, 0.4) is 0 Å². The molecule has 0 atom stereocenters. The van der Waals surface area contributed by atoms with Crippen molar-refractivity contribution < 1.29 is 0 Å². The van der Waals surface area contributed by atoms with Crippen LogP contribution in [0.5, 0.6) is 0 Å². The number of aromatic nitrogens is 4. The summed E-state index contributed by atoms with van der Waals surface area (Å²) in [6, 6.07) is 20.4. The molecule has 0 radical (unpaired) electrons. The van der Waals surface area contributed by atoms with E-state index in [2.05, 4.69) is 50.0 Å². The molecular formula is C23H18Cl2N6. The number of benzene rings is 3. The SMILES string of the molecule is Clc1ccc(N2Cc3ccc(Nc4ccccc4C=Cn4cnnn4)cc3C2)cc1Cl. The van der Waals surface area contributed by atoms with Gasteiger partial charge in [0.2, 0.25) is 0 Å². The first kappa shape index (κ1) is 19.6. The van der Waals surface area contributed by atoms with E-state index >= 15 is 0 Å². The van der Waals surface area contributed by atoms with E-state index in [9.17, 15) is 0 Å². The van der Waals surface area contributed by atoms with Gasteiger partial charge in [-0.3, -0.25) is 0 Å². The Labute approximate surface area is 189 Å². The van der Waals surface area contributed by atoms with E-state index < -0.39 is 0 Å². The largest absolute Gasteiger partial charge is 0.363 e. The highest BCUT2D eigenvalue weighted by atomic mass is 35.5. The number of hydrogen-bond acceptors (Lipinski definition) is 5. The van der Waals surface area contributed by atoms with Crippen molar-refractivity contribution in [2.45, 2.75) is 13.1 Å². The lowest BCUT2D eigenvalue weighted by molar-refractivity contribution is 0.820. The molecule has 31 heavy (non-hydrogen) atoms. The fourth-order valence-electron chi connectivity index (χ4n) is 3.64. The van der Waals surface area contributed by atoms with Crippen LogP contribution in [0, 0.1) is 0 Å². The number of nitrogens with one attached hydrogen (secondary N) is 1. The van der Waals surface area contributed by atoms with Gasteiger partial charge in [-0.15, -0.1) is 5.10 Å². The molecule has 4 aromatic rings. The number of nitrogens with zero attached hydrogens (tertiary/aromatic N) is 5. The Kier molecular flexibility index (Phi) is 5.32. The average molecular weight is 449 g/mol. The summed E-state index contributed by atoms with van der Waals surface area (Å²) in [7, 11) is 0. The topological polar surface area (TPSA) is 58.9 Å². The zero-order valence-electron chi connectivity index (χ0n) is 16.4. The van der Waals surface area contributed by atoms with Crippen LogP contribution in [0.2, 0.25) is 10.0 Å². The van der Waals surface area contributed by atoms with E-state index in [0.717, 1.165) is 35.7 Å². The van der Waals surface area contributed by atoms with Gasteiger partial charge >= 0.3 is 0 Å². The molecule has 5 rings (SSSR count). The highest BCUT2D eigenvalue weighted by Crippen LogP contribution is 2.34. The molecule has 154 valence electrons. The van der Waals surface area contributed by atoms with Gasteiger partial charge in [-0.25, -0.2) is 4.68 Å². The van der Waals surface area contributed by atoms with E-state index in [0.29, 0.717) is 10.0 Å². The van der Waals surface area contributed by atoms with Crippen LogP contribution in [-0.2, 0) is 13.1 Å². The van der Waals surface area contributed by atoms with Crippen molar-refractivity contribution in [3.8, 4) is 0 Å². The lowest BCUT2D eigenvalue weighted by atomic mass is 10.1. The Hall–Kier alpha value is -3.35. The predicted octanol–water partition coefficient (Wildman–Crippen LogP) is 5.87. The molecule has 1 aliphatic heterocycles. The van der Waals surface area contributed by atoms with Gasteiger partial charge in [0.25, 0.3) is 0 Å². The zero-order chi connectivity index (χ0) is 21.2. The second kappa shape index (κ2) is 8.41. The van der Waals surface area contributed by atoms with Crippen LogP contribution in [-0.4, -0.2) is 20.2 Å². The maximum atomic E-state index is 6.21. The number of fused-ring (bicyclic) bond motifs is 1. The molecule has 0 spiro atoms. The minimum atomic E-state index is 0.571. The van der Waals surface area contributed by atoms with Gasteiger partial charge < -0.3 is 10.2 Å². The van der Waals surface area contributed by atoms with Crippen molar-refractivity contribution in [3.63, 3.8) is 0 Å². The fourth-order valence-corrected chi connectivity index (χ4v) is 3.93. The van der Waals surface area contributed by atoms with Gasteiger partial charge in [0.05, 0.1) is 10.0 Å². The van der Waals surface area contributed by atoms with Crippen LogP contribution in [0.15, 0.2) is 67.0 Å². The lowest BCUT2D eigenvalue weighted by Crippen LogP contribution is -2.14. The van der Waals surface area contributed by atoms with Crippen molar-refractivity contribution in [2.24, 2.45) is 0 Å². The van der Waals surface area contributed by atoms with Gasteiger partial charge in [0, 0.05) is 36.4 Å². The molecule has 0 amide bonds. The quantitative estimate of drug-likeness (QED) is 0.413.